The fourth-order valence-corrected chi connectivity index (χ4v) is 13.3. The molecule has 4 aromatic rings. The predicted molar refractivity (Wildman–Crippen MR) is 333 cm³/mol. The second kappa shape index (κ2) is 30.6. The van der Waals surface area contributed by atoms with Gasteiger partial charge in [0.1, 0.15) is 77.1 Å². The topological polar surface area (TPSA) is 482 Å². The van der Waals surface area contributed by atoms with Gasteiger partial charge in [0.25, 0.3) is 11.8 Å². The van der Waals surface area contributed by atoms with E-state index in [4.69, 9.17) is 26.7 Å². The van der Waals surface area contributed by atoms with Crippen molar-refractivity contribution in [3.8, 4) is 28.7 Å². The van der Waals surface area contributed by atoms with E-state index in [0.717, 1.165) is 26.5 Å². The molecule has 4 heterocycles. The minimum atomic E-state index is -1.84. The monoisotopic (exact) mass is 1320 g/mol. The number of amides is 11. The number of hydrogen-bond acceptors (Lipinski definition) is 21. The molecule has 32 heteroatoms. The summed E-state index contributed by atoms with van der Waals surface area (Å²) in [6, 6.07) is 7.32. The molecule has 0 bridgehead atoms. The number of likely N-dealkylation sites (tertiary alicyclic amines) is 1. The third kappa shape index (κ3) is 16.3. The molecule has 0 saturated carbocycles. The van der Waals surface area contributed by atoms with Crippen LogP contribution in [0.2, 0.25) is 0 Å². The van der Waals surface area contributed by atoms with Gasteiger partial charge < -0.3 is 94.5 Å². The van der Waals surface area contributed by atoms with Crippen molar-refractivity contribution in [1.29, 1.82) is 0 Å². The lowest BCUT2D eigenvalue weighted by atomic mass is 9.77. The Balaban J connectivity index is 0.989. The van der Waals surface area contributed by atoms with Gasteiger partial charge in [-0.1, -0.05) is 54.0 Å². The number of aromatic hydroxyl groups is 3. The number of fused-ring (bicyclic) bond motifs is 6. The van der Waals surface area contributed by atoms with Gasteiger partial charge >= 0.3 is 5.97 Å². The van der Waals surface area contributed by atoms with Gasteiger partial charge in [-0.2, -0.15) is 0 Å². The first kappa shape index (κ1) is 69.2. The Morgan fingerprint density at radius 1 is 0.731 bits per heavy atom. The zero-order chi connectivity index (χ0) is 67.4. The number of rotatable bonds is 18. The Hall–Kier alpha value is -9.66. The summed E-state index contributed by atoms with van der Waals surface area (Å²) in [5.74, 6) is -12.4. The Morgan fingerprint density at radius 2 is 1.38 bits per heavy atom. The molecule has 0 radical (unpaired) electrons. The van der Waals surface area contributed by atoms with Gasteiger partial charge in [-0.25, -0.2) is 4.79 Å². The number of primary amides is 2. The number of hydrogen-bond donors (Lipinski definition) is 15. The summed E-state index contributed by atoms with van der Waals surface area (Å²) < 4.78 is 12.1. The normalized spacial score (nSPS) is 22.2. The molecule has 4 aromatic carbocycles. The number of nitrogens with one attached hydrogen (secondary N) is 8. The first-order valence-corrected chi connectivity index (χ1v) is 32.2. The van der Waals surface area contributed by atoms with Crippen LogP contribution in [0.5, 0.6) is 28.7 Å². The SMILES string of the molecule is CCC(C)C1NC(=O)C(c2ccc(O)cc2)NC(=O)C(O)CSSCC(C(=O)N2CCCC2C(=O)NC(CCCNC(=O)c2ccc3c(c2)C2(OC3=O)c3ccc(O)cc3Oc3cc(O)ccc32)C(=O)NCN)NC(=O)C(CC(N)=O)NC(=O)C(CCC(N)=O)NC1=O. The minimum Gasteiger partial charge on any atom is -0.508 e. The van der Waals surface area contributed by atoms with Gasteiger partial charge in [0.05, 0.1) is 18.7 Å². The third-order valence-electron chi connectivity index (χ3n) is 16.1. The lowest BCUT2D eigenvalue weighted by molar-refractivity contribution is -0.142. The van der Waals surface area contributed by atoms with E-state index in [1.807, 2.05) is 0 Å². The maximum Gasteiger partial charge on any atom is 0.340 e. The number of phenols is 3. The molecule has 0 aliphatic carbocycles. The average Bonchev–Trinajstić information content (AvgIpc) is 1.64. The highest BCUT2D eigenvalue weighted by molar-refractivity contribution is 8.76. The maximum atomic E-state index is 14.8. The molecular weight excluding hydrogens is 1250 g/mol. The quantitative estimate of drug-likeness (QED) is 0.0249. The van der Waals surface area contributed by atoms with Crippen LogP contribution < -0.4 is 64.5 Å². The van der Waals surface area contributed by atoms with Gasteiger partial charge in [0.15, 0.2) is 5.60 Å². The Labute approximate surface area is 539 Å². The summed E-state index contributed by atoms with van der Waals surface area (Å²) in [4.78, 5) is 166. The molecule has 2 saturated heterocycles. The molecule has 8 rings (SSSR count). The number of aliphatic hydroxyl groups excluding tert-OH is 1. The third-order valence-corrected chi connectivity index (χ3v) is 18.5. The van der Waals surface area contributed by atoms with Gasteiger partial charge in [-0.3, -0.25) is 52.7 Å². The summed E-state index contributed by atoms with van der Waals surface area (Å²) >= 11 is 0. The zero-order valence-corrected chi connectivity index (χ0v) is 52.0. The van der Waals surface area contributed by atoms with Crippen LogP contribution in [0.3, 0.4) is 0 Å². The summed E-state index contributed by atoms with van der Waals surface area (Å²) in [5.41, 5.74) is 16.3. The fraction of sp³-hybridized carbons (Fsp3) is 0.410. The molecule has 1 spiro atoms. The van der Waals surface area contributed by atoms with Crippen LogP contribution in [0.4, 0.5) is 0 Å². The van der Waals surface area contributed by atoms with E-state index in [1.165, 1.54) is 78.9 Å². The summed E-state index contributed by atoms with van der Waals surface area (Å²) in [5, 5.41) is 62.3. The highest BCUT2D eigenvalue weighted by Gasteiger charge is 2.54. The van der Waals surface area contributed by atoms with E-state index in [1.54, 1.807) is 13.8 Å². The number of benzene rings is 4. The van der Waals surface area contributed by atoms with E-state index in [9.17, 15) is 78.0 Å². The van der Waals surface area contributed by atoms with Crippen molar-refractivity contribution in [3.63, 3.8) is 0 Å². The maximum absolute atomic E-state index is 14.8. The fourth-order valence-electron chi connectivity index (χ4n) is 11.1. The first-order chi connectivity index (χ1) is 44.3. The predicted octanol–water partition coefficient (Wildman–Crippen LogP) is -0.871. The molecule has 30 nitrogen and oxygen atoms in total. The molecule has 4 aliphatic rings. The van der Waals surface area contributed by atoms with Crippen molar-refractivity contribution in [3.05, 3.63) is 112 Å². The van der Waals surface area contributed by atoms with Crippen molar-refractivity contribution in [2.75, 3.05) is 31.3 Å². The number of esters is 1. The van der Waals surface area contributed by atoms with Gasteiger partial charge in [0.2, 0.25) is 53.2 Å². The number of carbonyl (C=O) groups is 12. The largest absolute Gasteiger partial charge is 0.508 e. The van der Waals surface area contributed by atoms with Crippen molar-refractivity contribution in [2.24, 2.45) is 23.1 Å². The second-order valence-electron chi connectivity index (χ2n) is 22.5. The van der Waals surface area contributed by atoms with Crippen molar-refractivity contribution in [2.45, 2.75) is 119 Å². The van der Waals surface area contributed by atoms with Crippen LogP contribution in [0.15, 0.2) is 78.9 Å². The zero-order valence-electron chi connectivity index (χ0n) is 50.4. The van der Waals surface area contributed by atoms with Crippen molar-refractivity contribution < 1.29 is 87.4 Å². The highest BCUT2D eigenvalue weighted by atomic mass is 33.1. The van der Waals surface area contributed by atoms with E-state index >= 15 is 0 Å². The molecule has 18 N–H and O–H groups in total. The summed E-state index contributed by atoms with van der Waals surface area (Å²) in [6.07, 6.45) is -3.02. The van der Waals surface area contributed by atoms with Crippen LogP contribution in [0.25, 0.3) is 0 Å². The highest BCUT2D eigenvalue weighted by Crippen LogP contribution is 2.57. The van der Waals surface area contributed by atoms with E-state index in [2.05, 4.69) is 42.5 Å². The van der Waals surface area contributed by atoms with Gasteiger partial charge in [-0.05, 0) is 98.2 Å². The summed E-state index contributed by atoms with van der Waals surface area (Å²) in [7, 11) is 1.75. The molecule has 2 fully saturated rings. The van der Waals surface area contributed by atoms with Gasteiger partial charge in [0, 0.05) is 65.4 Å². The number of phenolic OH excluding ortho intramolecular Hbond substituents is 3. The van der Waals surface area contributed by atoms with E-state index in [-0.39, 0.29) is 114 Å². The lowest BCUT2D eigenvalue weighted by Gasteiger charge is -2.36. The number of ether oxygens (including phenoxy) is 2. The number of aliphatic hydroxyl groups is 1. The summed E-state index contributed by atoms with van der Waals surface area (Å²) in [6.45, 7) is 2.87. The molecule has 4 aliphatic heterocycles. The van der Waals surface area contributed by atoms with Crippen LogP contribution in [-0.4, -0.2) is 170 Å². The first-order valence-electron chi connectivity index (χ1n) is 29.7. The van der Waals surface area contributed by atoms with Crippen LogP contribution in [-0.2, 0) is 58.3 Å². The smallest absolute Gasteiger partial charge is 0.340 e. The molecule has 9 atom stereocenters. The standard InChI is InChI=1S/C61H72N12O18S2/c1-3-29(2)49-57(86)68-40(18-19-47(63)78)53(82)69-41(25-48(64)79)54(83)70-42(26-92-93-27-44(77)56(85)72-50(58(87)71-49)30-8-11-32(74)12-9-30)59(88)73-21-5-7-43(73)55(84)67-39(52(81)66-28-62)6-4-20-65-51(80)31-10-15-35-38(22-31)61(91-60(35)89)36-16-13-33(75)23-45(36)90-46-24-34(76)14-17-37(46)61/h8-17,22-24,29,39-44,49-50,74-77H,3-7,18-21,25-28,62H2,1-2H3,(H2,63,78)(H2,64,79)(H,65,80)(H,66,81)(H,67,84)(H,68,86)(H,69,82)(H,70,83)(H,71,87)(H,72,85). The Bertz CT molecular complexity index is 3530. The average molecular weight is 1330 g/mol. The van der Waals surface area contributed by atoms with Gasteiger partial charge in [-0.15, -0.1) is 0 Å². The van der Waals surface area contributed by atoms with Crippen molar-refractivity contribution >= 4 is 92.5 Å². The van der Waals surface area contributed by atoms with Crippen molar-refractivity contribution in [1.82, 2.24) is 47.4 Å². The molecule has 496 valence electrons. The van der Waals surface area contributed by atoms with Crippen LogP contribution >= 0.6 is 21.6 Å². The molecule has 11 amide bonds. The molecule has 93 heavy (non-hydrogen) atoms. The Morgan fingerprint density at radius 3 is 2.02 bits per heavy atom. The number of nitrogens with two attached hydrogens (primary N) is 3. The molecule has 0 aromatic heterocycles. The van der Waals surface area contributed by atoms with E-state index < -0.39 is 150 Å². The number of carbonyl (C=O) groups excluding carboxylic acids is 12. The molecular formula is C61H72N12O18S2. The second-order valence-corrected chi connectivity index (χ2v) is 25.1. The van der Waals surface area contributed by atoms with E-state index in [0.29, 0.717) is 11.1 Å². The number of nitrogens with zero attached hydrogens (tertiary/aromatic N) is 1. The minimum absolute atomic E-state index is 0.0497. The van der Waals surface area contributed by atoms with Crippen LogP contribution in [0, 0.1) is 5.92 Å². The lowest BCUT2D eigenvalue weighted by Crippen LogP contribution is -2.61. The van der Waals surface area contributed by atoms with Crippen LogP contribution in [0.1, 0.15) is 114 Å². The Kier molecular flexibility index (Phi) is 22.8. The molecule has 9 unspecified atom stereocenters.